The van der Waals surface area contributed by atoms with Gasteiger partial charge in [-0.15, -0.1) is 0 Å². The van der Waals surface area contributed by atoms with Crippen LogP contribution in [-0.2, 0) is 13.0 Å². The van der Waals surface area contributed by atoms with E-state index in [1.165, 1.54) is 11.1 Å². The van der Waals surface area contributed by atoms with Gasteiger partial charge in [-0.1, -0.05) is 29.3 Å². The Morgan fingerprint density at radius 1 is 1.32 bits per heavy atom. The van der Waals surface area contributed by atoms with E-state index in [1.54, 1.807) is 25.1 Å². The Morgan fingerprint density at radius 2 is 2.06 bits per heavy atom. The molecule has 1 aliphatic heterocycles. The molecule has 3 rings (SSSR count). The number of anilines is 1. The van der Waals surface area contributed by atoms with Crippen LogP contribution < -0.4 is 10.6 Å². The lowest BCUT2D eigenvalue weighted by Crippen LogP contribution is -2.44. The van der Waals surface area contributed by atoms with E-state index in [0.717, 1.165) is 11.1 Å². The minimum Gasteiger partial charge on any atom is -0.394 e. The highest BCUT2D eigenvalue weighted by Crippen LogP contribution is 2.26. The largest absolute Gasteiger partial charge is 0.410 e. The number of halogens is 5. The molecular formula is C19H20Cl2F3N5O2. The first-order valence-electron chi connectivity index (χ1n) is 9.37. The molecule has 0 saturated heterocycles. The van der Waals surface area contributed by atoms with Crippen LogP contribution >= 0.6 is 23.2 Å². The molecule has 2 aromatic rings. The fourth-order valence-corrected chi connectivity index (χ4v) is 3.38. The zero-order valence-corrected chi connectivity index (χ0v) is 17.9. The molecule has 0 fully saturated rings. The third-order valence-electron chi connectivity index (χ3n) is 4.90. The number of amides is 2. The highest BCUT2D eigenvalue weighted by Gasteiger charge is 2.39. The zero-order valence-electron chi connectivity index (χ0n) is 16.4. The highest BCUT2D eigenvalue weighted by atomic mass is 35.5. The number of rotatable bonds is 5. The topological polar surface area (TPSA) is 90.4 Å². The van der Waals surface area contributed by atoms with Crippen LogP contribution in [0.2, 0.25) is 10.0 Å². The number of carbonyl (C=O) groups is 1. The number of aromatic nitrogens is 2. The van der Waals surface area contributed by atoms with E-state index >= 15 is 0 Å². The minimum absolute atomic E-state index is 0.113. The molecule has 2 heterocycles. The average Bonchev–Trinajstić information content (AvgIpc) is 2.72. The summed E-state index contributed by atoms with van der Waals surface area (Å²) < 4.78 is 38.6. The number of aliphatic hydroxyl groups is 1. The van der Waals surface area contributed by atoms with Crippen molar-refractivity contribution >= 4 is 35.2 Å². The van der Waals surface area contributed by atoms with Crippen LogP contribution in [0.4, 0.5) is 23.9 Å². The van der Waals surface area contributed by atoms with Crippen molar-refractivity contribution in [2.75, 3.05) is 18.5 Å². The van der Waals surface area contributed by atoms with Crippen molar-refractivity contribution in [2.45, 2.75) is 38.1 Å². The van der Waals surface area contributed by atoms with E-state index in [1.807, 2.05) is 0 Å². The second kappa shape index (κ2) is 9.46. The molecule has 2 atom stereocenters. The number of fused-ring (bicyclic) bond motifs is 1. The first-order chi connectivity index (χ1) is 14.6. The lowest BCUT2D eigenvalue weighted by atomic mass is 10.1. The van der Waals surface area contributed by atoms with Gasteiger partial charge in [0, 0.05) is 12.7 Å². The zero-order chi connectivity index (χ0) is 22.8. The molecule has 31 heavy (non-hydrogen) atoms. The van der Waals surface area contributed by atoms with Crippen molar-refractivity contribution in [2.24, 2.45) is 0 Å². The van der Waals surface area contributed by atoms with Crippen LogP contribution in [0.5, 0.6) is 0 Å². The van der Waals surface area contributed by atoms with Gasteiger partial charge in [0.25, 0.3) is 0 Å². The van der Waals surface area contributed by atoms with E-state index in [-0.39, 0.29) is 24.6 Å². The Bertz CT molecular complexity index is 961. The molecule has 168 valence electrons. The van der Waals surface area contributed by atoms with Gasteiger partial charge in [0.1, 0.15) is 6.04 Å². The molecule has 12 heteroatoms. The molecule has 0 bridgehead atoms. The SMILES string of the molecule is C[C@@H](NC(=O)N1CCc2cnc(NC(CO)C(F)(F)F)nc2C1)c1ccc(Cl)c(Cl)c1. The maximum absolute atomic E-state index is 12.9. The van der Waals surface area contributed by atoms with Gasteiger partial charge in [-0.3, -0.25) is 0 Å². The second-order valence-corrected chi connectivity index (χ2v) is 7.92. The molecule has 1 aliphatic rings. The number of hydrogen-bond acceptors (Lipinski definition) is 5. The number of alkyl halides is 3. The maximum Gasteiger partial charge on any atom is 0.410 e. The molecule has 0 saturated carbocycles. The summed E-state index contributed by atoms with van der Waals surface area (Å²) in [7, 11) is 0. The van der Waals surface area contributed by atoms with Crippen molar-refractivity contribution in [3.63, 3.8) is 0 Å². The molecule has 2 amide bonds. The Hall–Kier alpha value is -2.30. The fourth-order valence-electron chi connectivity index (χ4n) is 3.07. The molecule has 1 aromatic carbocycles. The van der Waals surface area contributed by atoms with Gasteiger partial charge >= 0.3 is 12.2 Å². The summed E-state index contributed by atoms with van der Waals surface area (Å²) in [5.41, 5.74) is 1.97. The number of aliphatic hydroxyl groups excluding tert-OH is 1. The van der Waals surface area contributed by atoms with Crippen LogP contribution in [0.15, 0.2) is 24.4 Å². The first kappa shape index (κ1) is 23.4. The lowest BCUT2D eigenvalue weighted by molar-refractivity contribution is -0.149. The summed E-state index contributed by atoms with van der Waals surface area (Å²) in [5.74, 6) is -0.262. The van der Waals surface area contributed by atoms with Gasteiger partial charge in [0.05, 0.1) is 34.9 Å². The van der Waals surface area contributed by atoms with E-state index in [2.05, 4.69) is 20.6 Å². The monoisotopic (exact) mass is 477 g/mol. The molecule has 0 aliphatic carbocycles. The lowest BCUT2D eigenvalue weighted by Gasteiger charge is -2.30. The van der Waals surface area contributed by atoms with E-state index in [0.29, 0.717) is 28.7 Å². The van der Waals surface area contributed by atoms with Crippen molar-refractivity contribution in [3.05, 3.63) is 51.3 Å². The number of urea groups is 1. The average molecular weight is 478 g/mol. The van der Waals surface area contributed by atoms with Crippen molar-refractivity contribution < 1.29 is 23.1 Å². The van der Waals surface area contributed by atoms with E-state index < -0.39 is 18.8 Å². The predicted octanol–water partition coefficient (Wildman–Crippen LogP) is 3.95. The van der Waals surface area contributed by atoms with Gasteiger partial charge in [0.15, 0.2) is 0 Å². The smallest absolute Gasteiger partial charge is 0.394 e. The number of nitrogens with one attached hydrogen (secondary N) is 2. The number of nitrogens with zero attached hydrogens (tertiary/aromatic N) is 3. The summed E-state index contributed by atoms with van der Waals surface area (Å²) in [4.78, 5) is 22.2. The maximum atomic E-state index is 12.9. The highest BCUT2D eigenvalue weighted by molar-refractivity contribution is 6.42. The van der Waals surface area contributed by atoms with E-state index in [4.69, 9.17) is 28.3 Å². The van der Waals surface area contributed by atoms with Crippen molar-refractivity contribution in [1.82, 2.24) is 20.2 Å². The summed E-state index contributed by atoms with van der Waals surface area (Å²) in [5, 5.41) is 14.7. The normalized spacial score (nSPS) is 15.8. The van der Waals surface area contributed by atoms with Gasteiger partial charge < -0.3 is 20.6 Å². The summed E-state index contributed by atoms with van der Waals surface area (Å²) in [6.07, 6.45) is -2.75. The standard InChI is InChI=1S/C19H20Cl2F3N5O2/c1-10(11-2-3-13(20)14(21)6-11)26-18(31)29-5-4-12-7-25-17(27-15(12)8-29)28-16(9-30)19(22,23)24/h2-3,6-7,10,16,30H,4-5,8-9H2,1H3,(H,26,31)(H,25,27,28)/t10-,16?/m1/s1. The van der Waals surface area contributed by atoms with Gasteiger partial charge in [0.2, 0.25) is 5.95 Å². The molecule has 0 radical (unpaired) electrons. The Labute approximate surface area is 186 Å². The van der Waals surface area contributed by atoms with Crippen LogP contribution in [0.1, 0.15) is 29.8 Å². The summed E-state index contributed by atoms with van der Waals surface area (Å²) in [6, 6.07) is 2.20. The van der Waals surface area contributed by atoms with Gasteiger partial charge in [-0.05, 0) is 36.6 Å². The van der Waals surface area contributed by atoms with Gasteiger partial charge in [-0.2, -0.15) is 13.2 Å². The van der Waals surface area contributed by atoms with E-state index in [9.17, 15) is 18.0 Å². The first-order valence-corrected chi connectivity index (χ1v) is 10.1. The van der Waals surface area contributed by atoms with Crippen molar-refractivity contribution in [1.29, 1.82) is 0 Å². The number of hydrogen-bond donors (Lipinski definition) is 3. The molecule has 1 aromatic heterocycles. The Balaban J connectivity index is 1.67. The third kappa shape index (κ3) is 5.69. The predicted molar refractivity (Wildman–Crippen MR) is 110 cm³/mol. The Kier molecular flexibility index (Phi) is 7.13. The summed E-state index contributed by atoms with van der Waals surface area (Å²) in [6.45, 7) is 1.17. The third-order valence-corrected chi connectivity index (χ3v) is 5.64. The molecule has 1 unspecified atom stereocenters. The Morgan fingerprint density at radius 3 is 2.71 bits per heavy atom. The van der Waals surface area contributed by atoms with Crippen molar-refractivity contribution in [3.8, 4) is 0 Å². The summed E-state index contributed by atoms with van der Waals surface area (Å²) >= 11 is 11.9. The fraction of sp³-hybridized carbons (Fsp3) is 0.421. The van der Waals surface area contributed by atoms with Crippen LogP contribution in [0, 0.1) is 0 Å². The number of carbonyl (C=O) groups excluding carboxylic acids is 1. The molecule has 3 N–H and O–H groups in total. The minimum atomic E-state index is -4.65. The van der Waals surface area contributed by atoms with Crippen LogP contribution in [0.25, 0.3) is 0 Å². The van der Waals surface area contributed by atoms with Crippen LogP contribution in [0.3, 0.4) is 0 Å². The molecular weight excluding hydrogens is 458 g/mol. The second-order valence-electron chi connectivity index (χ2n) is 7.10. The van der Waals surface area contributed by atoms with Crippen LogP contribution in [-0.4, -0.2) is 51.4 Å². The quantitative estimate of drug-likeness (QED) is 0.606. The number of benzene rings is 1. The van der Waals surface area contributed by atoms with Gasteiger partial charge in [-0.25, -0.2) is 14.8 Å². The molecule has 7 nitrogen and oxygen atoms in total. The molecule has 0 spiro atoms.